The Hall–Kier alpha value is -2.12. The van der Waals surface area contributed by atoms with Crippen molar-refractivity contribution >= 4 is 39.2 Å². The number of amides is 1. The number of hydrogen-bond acceptors (Lipinski definition) is 5. The van der Waals surface area contributed by atoms with Crippen LogP contribution in [-0.2, 0) is 4.79 Å². The van der Waals surface area contributed by atoms with Gasteiger partial charge in [-0.15, -0.1) is 11.3 Å². The van der Waals surface area contributed by atoms with Gasteiger partial charge in [-0.25, -0.2) is 4.98 Å². The molecule has 3 aromatic rings. The highest BCUT2D eigenvalue weighted by Gasteiger charge is 2.24. The highest BCUT2D eigenvalue weighted by atomic mass is 32.2. The van der Waals surface area contributed by atoms with Gasteiger partial charge < -0.3 is 4.90 Å². The highest BCUT2D eigenvalue weighted by Crippen LogP contribution is 2.27. The number of aromatic nitrogens is 2. The van der Waals surface area contributed by atoms with Gasteiger partial charge in [-0.2, -0.15) is 0 Å². The zero-order valence-corrected chi connectivity index (χ0v) is 18.6. The Morgan fingerprint density at radius 1 is 1.28 bits per heavy atom. The second-order valence-corrected chi connectivity index (χ2v) is 9.47. The number of fused-ring (bicyclic) bond motifs is 1. The third-order valence-corrected chi connectivity index (χ3v) is 7.53. The summed E-state index contributed by atoms with van der Waals surface area (Å²) in [5.41, 5.74) is 3.63. The van der Waals surface area contributed by atoms with Crippen LogP contribution in [0.5, 0.6) is 0 Å². The fourth-order valence-corrected chi connectivity index (χ4v) is 5.51. The van der Waals surface area contributed by atoms with Gasteiger partial charge in [0.05, 0.1) is 17.0 Å². The molecule has 4 rings (SSSR count). The van der Waals surface area contributed by atoms with Crippen LogP contribution in [0.4, 0.5) is 0 Å². The minimum absolute atomic E-state index is 0.0695. The van der Waals surface area contributed by atoms with Crippen molar-refractivity contribution in [3.05, 3.63) is 51.1 Å². The summed E-state index contributed by atoms with van der Waals surface area (Å²) in [6.45, 7) is 6.99. The van der Waals surface area contributed by atoms with Gasteiger partial charge in [0.2, 0.25) is 5.91 Å². The van der Waals surface area contributed by atoms with Gasteiger partial charge >= 0.3 is 0 Å². The Bertz CT molecular complexity index is 1120. The predicted octanol–water partition coefficient (Wildman–Crippen LogP) is 4.56. The summed E-state index contributed by atoms with van der Waals surface area (Å²) < 4.78 is 2.32. The molecule has 0 spiro atoms. The van der Waals surface area contributed by atoms with Gasteiger partial charge in [-0.3, -0.25) is 14.2 Å². The fraction of sp³-hybridized carbons (Fsp3) is 0.409. The topological polar surface area (TPSA) is 55.2 Å². The van der Waals surface area contributed by atoms with Crippen LogP contribution in [0.2, 0.25) is 0 Å². The van der Waals surface area contributed by atoms with Crippen molar-refractivity contribution in [2.45, 2.75) is 51.2 Å². The number of thioether (sulfide) groups is 1. The molecule has 0 radical (unpaired) electrons. The van der Waals surface area contributed by atoms with E-state index in [2.05, 4.69) is 6.92 Å². The van der Waals surface area contributed by atoms with Crippen LogP contribution < -0.4 is 5.56 Å². The number of hydrogen-bond donors (Lipinski definition) is 0. The Balaban J connectivity index is 1.72. The van der Waals surface area contributed by atoms with Gasteiger partial charge in [0.1, 0.15) is 4.70 Å². The first-order chi connectivity index (χ1) is 14.0. The molecule has 0 saturated carbocycles. The van der Waals surface area contributed by atoms with E-state index in [0.29, 0.717) is 15.4 Å². The number of likely N-dealkylation sites (tertiary alicyclic amines) is 1. The van der Waals surface area contributed by atoms with Gasteiger partial charge in [0, 0.05) is 12.6 Å². The third kappa shape index (κ3) is 3.85. The molecular formula is C22H25N3O2S2. The van der Waals surface area contributed by atoms with E-state index in [9.17, 15) is 9.59 Å². The zero-order chi connectivity index (χ0) is 20.5. The SMILES string of the molecule is Cc1cccc(-n2c(SCC(=O)N3CCCC[C@H]3C)nc3ccsc3c2=O)c1C. The summed E-state index contributed by atoms with van der Waals surface area (Å²) in [7, 11) is 0. The summed E-state index contributed by atoms with van der Waals surface area (Å²) in [4.78, 5) is 32.9. The molecule has 1 atom stereocenters. The molecule has 29 heavy (non-hydrogen) atoms. The normalized spacial score (nSPS) is 17.1. The molecule has 5 nitrogen and oxygen atoms in total. The Morgan fingerprint density at radius 2 is 2.10 bits per heavy atom. The number of benzene rings is 1. The van der Waals surface area contributed by atoms with Crippen molar-refractivity contribution in [1.29, 1.82) is 0 Å². The maximum Gasteiger partial charge on any atom is 0.276 e. The maximum absolute atomic E-state index is 13.3. The van der Waals surface area contributed by atoms with Gasteiger partial charge in [0.25, 0.3) is 5.56 Å². The molecule has 1 saturated heterocycles. The van der Waals surface area contributed by atoms with E-state index >= 15 is 0 Å². The van der Waals surface area contributed by atoms with Crippen molar-refractivity contribution in [2.75, 3.05) is 12.3 Å². The van der Waals surface area contributed by atoms with E-state index in [1.807, 2.05) is 48.4 Å². The standard InChI is InChI=1S/C22H25N3O2S2/c1-14-7-6-9-18(16(14)3)25-21(27)20-17(10-12-28-20)23-22(25)29-13-19(26)24-11-5-4-8-15(24)2/h6-7,9-10,12,15H,4-5,8,11,13H2,1-3H3/t15-/m1/s1. The van der Waals surface area contributed by atoms with Crippen LogP contribution in [-0.4, -0.2) is 38.7 Å². The number of rotatable bonds is 4. The van der Waals surface area contributed by atoms with Crippen LogP contribution in [0.25, 0.3) is 15.9 Å². The molecule has 0 bridgehead atoms. The lowest BCUT2D eigenvalue weighted by molar-refractivity contribution is -0.131. The molecule has 2 aromatic heterocycles. The summed E-state index contributed by atoms with van der Waals surface area (Å²) >= 11 is 2.77. The Labute approximate surface area is 178 Å². The minimum Gasteiger partial charge on any atom is -0.339 e. The summed E-state index contributed by atoms with van der Waals surface area (Å²) in [6, 6.07) is 8.09. The number of carbonyl (C=O) groups is 1. The first-order valence-corrected chi connectivity index (χ1v) is 11.8. The molecule has 3 heterocycles. The van der Waals surface area contributed by atoms with E-state index in [0.717, 1.165) is 36.2 Å². The predicted molar refractivity (Wildman–Crippen MR) is 120 cm³/mol. The molecule has 1 aliphatic heterocycles. The molecule has 1 fully saturated rings. The van der Waals surface area contributed by atoms with E-state index in [4.69, 9.17) is 4.98 Å². The summed E-state index contributed by atoms with van der Waals surface area (Å²) in [6.07, 6.45) is 3.30. The average molecular weight is 428 g/mol. The zero-order valence-electron chi connectivity index (χ0n) is 17.0. The van der Waals surface area contributed by atoms with Crippen LogP contribution in [0.3, 0.4) is 0 Å². The monoisotopic (exact) mass is 427 g/mol. The second-order valence-electron chi connectivity index (χ2n) is 7.61. The van der Waals surface area contributed by atoms with E-state index in [-0.39, 0.29) is 23.3 Å². The Morgan fingerprint density at radius 3 is 2.90 bits per heavy atom. The second kappa shape index (κ2) is 8.32. The number of piperidine rings is 1. The summed E-state index contributed by atoms with van der Waals surface area (Å²) in [5.74, 6) is 0.409. The molecule has 7 heteroatoms. The van der Waals surface area contributed by atoms with Crippen molar-refractivity contribution in [3.8, 4) is 5.69 Å². The van der Waals surface area contributed by atoms with Crippen molar-refractivity contribution in [2.24, 2.45) is 0 Å². The van der Waals surface area contributed by atoms with E-state index < -0.39 is 0 Å². The third-order valence-electron chi connectivity index (χ3n) is 5.71. The molecule has 1 aliphatic rings. The summed E-state index contributed by atoms with van der Waals surface area (Å²) in [5, 5.41) is 2.47. The fourth-order valence-electron chi connectivity index (χ4n) is 3.86. The van der Waals surface area contributed by atoms with Crippen molar-refractivity contribution in [3.63, 3.8) is 0 Å². The lowest BCUT2D eigenvalue weighted by Crippen LogP contribution is -2.43. The molecule has 0 N–H and O–H groups in total. The highest BCUT2D eigenvalue weighted by molar-refractivity contribution is 7.99. The van der Waals surface area contributed by atoms with Crippen molar-refractivity contribution in [1.82, 2.24) is 14.5 Å². The van der Waals surface area contributed by atoms with Crippen LogP contribution in [0, 0.1) is 13.8 Å². The van der Waals surface area contributed by atoms with E-state index in [1.165, 1.54) is 29.5 Å². The van der Waals surface area contributed by atoms with Crippen LogP contribution in [0.1, 0.15) is 37.3 Å². The molecule has 1 amide bonds. The van der Waals surface area contributed by atoms with Crippen molar-refractivity contribution < 1.29 is 4.79 Å². The lowest BCUT2D eigenvalue weighted by Gasteiger charge is -2.33. The molecule has 0 aliphatic carbocycles. The molecule has 152 valence electrons. The average Bonchev–Trinajstić information content (AvgIpc) is 3.18. The number of nitrogens with zero attached hydrogens (tertiary/aromatic N) is 3. The maximum atomic E-state index is 13.3. The smallest absolute Gasteiger partial charge is 0.276 e. The van der Waals surface area contributed by atoms with Crippen LogP contribution >= 0.6 is 23.1 Å². The Kier molecular flexibility index (Phi) is 5.79. The van der Waals surface area contributed by atoms with Gasteiger partial charge in [0.15, 0.2) is 5.16 Å². The van der Waals surface area contributed by atoms with Gasteiger partial charge in [-0.1, -0.05) is 23.9 Å². The molecule has 0 unspecified atom stereocenters. The lowest BCUT2D eigenvalue weighted by atomic mass is 10.0. The largest absolute Gasteiger partial charge is 0.339 e. The quantitative estimate of drug-likeness (QED) is 0.453. The first-order valence-electron chi connectivity index (χ1n) is 9.96. The van der Waals surface area contributed by atoms with Gasteiger partial charge in [-0.05, 0) is 68.7 Å². The van der Waals surface area contributed by atoms with Crippen LogP contribution in [0.15, 0.2) is 39.6 Å². The number of thiophene rings is 1. The molecule has 1 aromatic carbocycles. The number of carbonyl (C=O) groups excluding carboxylic acids is 1. The molecular weight excluding hydrogens is 402 g/mol. The van der Waals surface area contributed by atoms with E-state index in [1.54, 1.807) is 4.57 Å². The first kappa shape index (κ1) is 20.2. The number of aryl methyl sites for hydroxylation is 1. The minimum atomic E-state index is -0.0695.